The van der Waals surface area contributed by atoms with E-state index < -0.39 is 61.2 Å². The lowest BCUT2D eigenvalue weighted by molar-refractivity contribution is -0.0908. The van der Waals surface area contributed by atoms with Gasteiger partial charge in [0.25, 0.3) is 11.8 Å². The predicted octanol–water partition coefficient (Wildman–Crippen LogP) is 0.695. The van der Waals surface area contributed by atoms with Crippen molar-refractivity contribution in [3.8, 4) is 0 Å². The molecule has 0 aromatic heterocycles. The van der Waals surface area contributed by atoms with Crippen LogP contribution >= 0.6 is 0 Å². The van der Waals surface area contributed by atoms with Gasteiger partial charge in [0, 0.05) is 6.54 Å². The summed E-state index contributed by atoms with van der Waals surface area (Å²) in [6, 6.07) is 6.27. The molecule has 0 aliphatic carbocycles. The van der Waals surface area contributed by atoms with Crippen molar-refractivity contribution in [2.24, 2.45) is 5.90 Å². The molecule has 0 saturated carbocycles. The Hall–Kier alpha value is -3.36. The highest BCUT2D eigenvalue weighted by atomic mass is 32.2. The van der Waals surface area contributed by atoms with Crippen LogP contribution in [0.1, 0.15) is 68.7 Å². The molecule has 1 aromatic rings. The number of rotatable bonds is 11. The van der Waals surface area contributed by atoms with Crippen molar-refractivity contribution in [3.05, 3.63) is 35.4 Å². The van der Waals surface area contributed by atoms with E-state index in [1.807, 2.05) is 4.72 Å². The highest BCUT2D eigenvalue weighted by molar-refractivity contribution is 7.90. The lowest BCUT2D eigenvalue weighted by Gasteiger charge is -2.19. The average molecular weight is 640 g/mol. The summed E-state index contributed by atoms with van der Waals surface area (Å²) >= 11 is 0. The van der Waals surface area contributed by atoms with E-state index in [2.05, 4.69) is 4.84 Å². The minimum absolute atomic E-state index is 0.00473. The maximum absolute atomic E-state index is 12.1. The molecule has 0 fully saturated rings. The molecule has 17 nitrogen and oxygen atoms in total. The minimum atomic E-state index is -3.94. The molecule has 1 heterocycles. The van der Waals surface area contributed by atoms with E-state index in [4.69, 9.17) is 20.2 Å². The Morgan fingerprint density at radius 3 is 1.76 bits per heavy atom. The second-order valence-corrected chi connectivity index (χ2v) is 13.8. The topological polar surface area (TPSA) is 239 Å². The zero-order chi connectivity index (χ0) is 32.4. The summed E-state index contributed by atoms with van der Waals surface area (Å²) in [5, 5.41) is 0.610. The Balaban J connectivity index is 0.000000476. The third kappa shape index (κ3) is 14.0. The second kappa shape index (κ2) is 15.2. The number of imide groups is 1. The van der Waals surface area contributed by atoms with Crippen molar-refractivity contribution < 1.29 is 55.2 Å². The highest BCUT2D eigenvalue weighted by Crippen LogP contribution is 2.22. The van der Waals surface area contributed by atoms with E-state index in [1.165, 1.54) is 12.1 Å². The maximum Gasteiger partial charge on any atom is 0.422 e. The molecule has 42 heavy (non-hydrogen) atoms. The lowest BCUT2D eigenvalue weighted by Crippen LogP contribution is -2.43. The number of hydroxylamine groups is 2. The first kappa shape index (κ1) is 36.7. The number of nitrogens with two attached hydrogens (primary N) is 1. The van der Waals surface area contributed by atoms with Gasteiger partial charge in [-0.1, -0.05) is 12.1 Å². The monoisotopic (exact) mass is 639 g/mol. The first-order valence-corrected chi connectivity index (χ1v) is 15.5. The molecule has 4 amide bonds. The number of sulfonamides is 1. The zero-order valence-electron chi connectivity index (χ0n) is 24.1. The fourth-order valence-corrected chi connectivity index (χ4v) is 4.43. The number of carbonyl (C=O) groups excluding carboxylic acids is 4. The van der Waals surface area contributed by atoms with Crippen LogP contribution in [0.25, 0.3) is 0 Å². The molecule has 0 atom stereocenters. The van der Waals surface area contributed by atoms with E-state index in [1.54, 1.807) is 63.1 Å². The molecule has 0 bridgehead atoms. The Kier molecular flexibility index (Phi) is 13.3. The van der Waals surface area contributed by atoms with Crippen LogP contribution in [0, 0.1) is 0 Å². The first-order chi connectivity index (χ1) is 19.2. The van der Waals surface area contributed by atoms with Crippen LogP contribution in [0.3, 0.4) is 0 Å². The molecular formula is C23H37N5O12S2. The van der Waals surface area contributed by atoms with Gasteiger partial charge in [-0.05, 0) is 60.1 Å². The SMILES string of the molecule is CC(C)(C)OC(=O)NS(=O)(=O)CCCON1C(=O)c2ccccc2C1=O.CC(C)(C)OC(=O)NS(=O)(=O)NCCON. The Morgan fingerprint density at radius 1 is 0.833 bits per heavy atom. The molecule has 1 aromatic carbocycles. The molecule has 1 aliphatic heterocycles. The minimum Gasteiger partial charge on any atom is -0.443 e. The molecule has 2 rings (SSSR count). The molecule has 19 heteroatoms. The molecule has 0 radical (unpaired) electrons. The normalized spacial score (nSPS) is 13.5. The molecule has 0 unspecified atom stereocenters. The maximum atomic E-state index is 12.1. The number of hydrogen-bond acceptors (Lipinski definition) is 13. The number of hydrogen-bond donors (Lipinski definition) is 4. The number of benzene rings is 1. The van der Waals surface area contributed by atoms with Crippen LogP contribution in [-0.4, -0.2) is 82.6 Å². The summed E-state index contributed by atoms with van der Waals surface area (Å²) in [4.78, 5) is 56.0. The van der Waals surface area contributed by atoms with Crippen LogP contribution in [0.4, 0.5) is 9.59 Å². The summed E-state index contributed by atoms with van der Waals surface area (Å²) in [6.07, 6.45) is -2.15. The van der Waals surface area contributed by atoms with Crippen molar-refractivity contribution in [1.82, 2.24) is 19.2 Å². The zero-order valence-corrected chi connectivity index (χ0v) is 25.7. The molecule has 1 aliphatic rings. The van der Waals surface area contributed by atoms with Gasteiger partial charge in [-0.2, -0.15) is 13.1 Å². The third-order valence-corrected chi connectivity index (χ3v) is 6.62. The number of nitrogens with zero attached hydrogens (tertiary/aromatic N) is 1. The van der Waals surface area contributed by atoms with Crippen LogP contribution in [-0.2, 0) is 39.4 Å². The Labute approximate surface area is 244 Å². The number of amides is 4. The average Bonchev–Trinajstić information content (AvgIpc) is 3.04. The van der Waals surface area contributed by atoms with Crippen LogP contribution in [0.2, 0.25) is 0 Å². The van der Waals surface area contributed by atoms with E-state index in [0.29, 0.717) is 5.06 Å². The smallest absolute Gasteiger partial charge is 0.422 e. The predicted molar refractivity (Wildman–Crippen MR) is 147 cm³/mol. The van der Waals surface area contributed by atoms with Gasteiger partial charge >= 0.3 is 22.4 Å². The number of carbonyl (C=O) groups is 4. The van der Waals surface area contributed by atoms with Gasteiger partial charge in [-0.25, -0.2) is 33.3 Å². The quantitative estimate of drug-likeness (QED) is 0.148. The molecule has 5 N–H and O–H groups in total. The number of ether oxygens (including phenoxy) is 2. The van der Waals surface area contributed by atoms with Gasteiger partial charge in [-0.15, -0.1) is 5.06 Å². The summed E-state index contributed by atoms with van der Waals surface area (Å²) in [5.41, 5.74) is -1.12. The van der Waals surface area contributed by atoms with Crippen molar-refractivity contribution in [1.29, 1.82) is 0 Å². The molecule has 0 spiro atoms. The summed E-state index contributed by atoms with van der Waals surface area (Å²) in [6.45, 7) is 9.43. The largest absolute Gasteiger partial charge is 0.443 e. The van der Waals surface area contributed by atoms with Gasteiger partial charge in [0.05, 0.1) is 30.1 Å². The summed E-state index contributed by atoms with van der Waals surface area (Å²) < 4.78 is 61.1. The standard InChI is InChI=1S/C16H20N2O7S.C7H17N3O5S/c1-16(2,3)25-15(21)17-26(22,23)10-6-9-24-18-13(19)11-7-4-5-8-12(11)14(18)20;1-7(2,3)15-6(11)10-16(12,13)9-4-5-14-8/h4-5,7-8H,6,9-10H2,1-3H3,(H,17,21);9H,4-5,8H2,1-3H3,(H,10,11). The summed E-state index contributed by atoms with van der Waals surface area (Å²) in [5.74, 6) is 3.07. The molecular weight excluding hydrogens is 602 g/mol. The van der Waals surface area contributed by atoms with E-state index >= 15 is 0 Å². The van der Waals surface area contributed by atoms with Gasteiger partial charge in [-0.3, -0.25) is 14.4 Å². The van der Waals surface area contributed by atoms with Crippen molar-refractivity contribution >= 4 is 44.2 Å². The van der Waals surface area contributed by atoms with Gasteiger partial charge in [0.2, 0.25) is 10.0 Å². The highest BCUT2D eigenvalue weighted by Gasteiger charge is 2.36. The van der Waals surface area contributed by atoms with Crippen LogP contribution in [0.5, 0.6) is 0 Å². The van der Waals surface area contributed by atoms with Crippen molar-refractivity contribution in [2.45, 2.75) is 59.2 Å². The number of nitrogens with one attached hydrogen (secondary N) is 3. The van der Waals surface area contributed by atoms with Crippen molar-refractivity contribution in [3.63, 3.8) is 0 Å². The van der Waals surface area contributed by atoms with Gasteiger partial charge in [0.1, 0.15) is 11.2 Å². The fourth-order valence-electron chi connectivity index (χ4n) is 2.85. The molecule has 0 saturated heterocycles. The van der Waals surface area contributed by atoms with E-state index in [-0.39, 0.29) is 37.3 Å². The van der Waals surface area contributed by atoms with E-state index in [0.717, 1.165) is 0 Å². The van der Waals surface area contributed by atoms with Crippen LogP contribution < -0.4 is 20.1 Å². The number of fused-ring (bicyclic) bond motifs is 1. The molecule has 238 valence electrons. The van der Waals surface area contributed by atoms with Gasteiger partial charge in [0.15, 0.2) is 0 Å². The van der Waals surface area contributed by atoms with Crippen LogP contribution in [0.15, 0.2) is 24.3 Å². The Bertz CT molecular complexity index is 1300. The Morgan fingerprint density at radius 2 is 1.31 bits per heavy atom. The first-order valence-electron chi connectivity index (χ1n) is 12.3. The van der Waals surface area contributed by atoms with Gasteiger partial charge < -0.3 is 14.3 Å². The fraction of sp³-hybridized carbons (Fsp3) is 0.565. The summed E-state index contributed by atoms with van der Waals surface area (Å²) in [7, 11) is -7.86. The second-order valence-electron chi connectivity index (χ2n) is 10.4. The van der Waals surface area contributed by atoms with Crippen molar-refractivity contribution in [2.75, 3.05) is 25.5 Å². The third-order valence-electron chi connectivity index (χ3n) is 4.30. The lowest BCUT2D eigenvalue weighted by atomic mass is 10.1. The van der Waals surface area contributed by atoms with E-state index in [9.17, 15) is 36.0 Å².